The van der Waals surface area contributed by atoms with Crippen LogP contribution in [-0.2, 0) is 17.7 Å². The topological polar surface area (TPSA) is 58.6 Å². The van der Waals surface area contributed by atoms with Crippen LogP contribution in [0.2, 0.25) is 0 Å². The van der Waals surface area contributed by atoms with Crippen LogP contribution in [0.5, 0.6) is 0 Å². The Kier molecular flexibility index (Phi) is 7.80. The number of rotatable bonds is 8. The molecule has 1 saturated heterocycles. The molecule has 0 atom stereocenters. The van der Waals surface area contributed by atoms with Gasteiger partial charge in [0.25, 0.3) is 0 Å². The molecular formula is C21H30N4O2S. The largest absolute Gasteiger partial charge is 0.462 e. The third kappa shape index (κ3) is 5.75. The predicted octanol–water partition coefficient (Wildman–Crippen LogP) is 3.77. The molecule has 6 nitrogen and oxygen atoms in total. The number of unbranched alkanes of at least 4 members (excludes halogenated alkanes) is 1. The summed E-state index contributed by atoms with van der Waals surface area (Å²) < 4.78 is 5.02. The molecule has 1 aliphatic rings. The molecular weight excluding hydrogens is 372 g/mol. The van der Waals surface area contributed by atoms with E-state index in [4.69, 9.17) is 9.72 Å². The number of carbonyl (C=O) groups is 1. The number of aromatic nitrogens is 2. The second-order valence-corrected chi connectivity index (χ2v) is 8.02. The number of hydrogen-bond donors (Lipinski definition) is 0. The minimum absolute atomic E-state index is 0.315. The molecule has 152 valence electrons. The molecule has 3 rings (SSSR count). The van der Waals surface area contributed by atoms with Crippen LogP contribution in [0.4, 0.5) is 5.82 Å². The molecule has 7 heteroatoms. The molecule has 2 aromatic heterocycles. The fourth-order valence-corrected chi connectivity index (χ4v) is 4.19. The van der Waals surface area contributed by atoms with Gasteiger partial charge in [0.1, 0.15) is 5.82 Å². The number of ether oxygens (including phenoxy) is 1. The van der Waals surface area contributed by atoms with E-state index in [1.165, 1.54) is 23.5 Å². The van der Waals surface area contributed by atoms with E-state index in [2.05, 4.69) is 27.1 Å². The van der Waals surface area contributed by atoms with Gasteiger partial charge >= 0.3 is 5.97 Å². The van der Waals surface area contributed by atoms with E-state index in [1.807, 2.05) is 6.07 Å². The molecule has 3 heterocycles. The maximum absolute atomic E-state index is 11.8. The van der Waals surface area contributed by atoms with Crippen molar-refractivity contribution in [2.24, 2.45) is 0 Å². The number of carbonyl (C=O) groups excluding carboxylic acids is 1. The van der Waals surface area contributed by atoms with Crippen molar-refractivity contribution in [3.8, 4) is 0 Å². The Morgan fingerprint density at radius 1 is 1.21 bits per heavy atom. The van der Waals surface area contributed by atoms with Gasteiger partial charge in [-0.3, -0.25) is 4.90 Å². The summed E-state index contributed by atoms with van der Waals surface area (Å²) in [6.07, 6.45) is 6.24. The molecule has 0 radical (unpaired) electrons. The minimum Gasteiger partial charge on any atom is -0.462 e. The monoisotopic (exact) mass is 402 g/mol. The van der Waals surface area contributed by atoms with Gasteiger partial charge in [0, 0.05) is 44.3 Å². The Balaban J connectivity index is 1.53. The van der Waals surface area contributed by atoms with Crippen LogP contribution in [0.25, 0.3) is 0 Å². The molecule has 2 aromatic rings. The number of thiazole rings is 1. The van der Waals surface area contributed by atoms with Gasteiger partial charge in [0.05, 0.1) is 22.9 Å². The van der Waals surface area contributed by atoms with E-state index >= 15 is 0 Å². The number of hydrogen-bond acceptors (Lipinski definition) is 7. The molecule has 28 heavy (non-hydrogen) atoms. The molecule has 1 aliphatic heterocycles. The first-order chi connectivity index (χ1) is 13.7. The number of esters is 1. The van der Waals surface area contributed by atoms with Crippen LogP contribution in [0, 0.1) is 0 Å². The average molecular weight is 403 g/mol. The van der Waals surface area contributed by atoms with E-state index in [1.54, 1.807) is 30.5 Å². The third-order valence-electron chi connectivity index (χ3n) is 4.90. The normalized spacial score (nSPS) is 15.4. The lowest BCUT2D eigenvalue weighted by atomic mass is 10.2. The number of anilines is 1. The summed E-state index contributed by atoms with van der Waals surface area (Å²) in [5.74, 6) is 0.607. The van der Waals surface area contributed by atoms with Crippen LogP contribution in [0.15, 0.2) is 23.7 Å². The molecule has 0 spiro atoms. The lowest BCUT2D eigenvalue weighted by molar-refractivity contribution is 0.0526. The summed E-state index contributed by atoms with van der Waals surface area (Å²) in [5.41, 5.74) is 1.70. The Labute approximate surface area is 171 Å². The van der Waals surface area contributed by atoms with E-state index in [9.17, 15) is 4.79 Å². The molecule has 0 bridgehead atoms. The summed E-state index contributed by atoms with van der Waals surface area (Å²) in [5, 5.41) is 3.47. The standard InChI is InChI=1S/C21H30N4O2S/c1-3-5-7-20-23-18(16-28-20)15-24-10-6-11-25(13-12-24)19-9-8-17(14-22-19)21(26)27-4-2/h8-9,14,16H,3-7,10-13,15H2,1-2H3. The van der Waals surface area contributed by atoms with Crippen molar-refractivity contribution in [2.75, 3.05) is 37.7 Å². The zero-order valence-corrected chi connectivity index (χ0v) is 17.7. The van der Waals surface area contributed by atoms with Crippen LogP contribution in [0.3, 0.4) is 0 Å². The highest BCUT2D eigenvalue weighted by atomic mass is 32.1. The Morgan fingerprint density at radius 3 is 2.86 bits per heavy atom. The van der Waals surface area contributed by atoms with Gasteiger partial charge in [-0.15, -0.1) is 11.3 Å². The highest BCUT2D eigenvalue weighted by Crippen LogP contribution is 2.18. The van der Waals surface area contributed by atoms with Gasteiger partial charge in [0.15, 0.2) is 0 Å². The van der Waals surface area contributed by atoms with Crippen molar-refractivity contribution >= 4 is 23.1 Å². The van der Waals surface area contributed by atoms with E-state index in [-0.39, 0.29) is 5.97 Å². The lowest BCUT2D eigenvalue weighted by Crippen LogP contribution is -2.31. The second-order valence-electron chi connectivity index (χ2n) is 7.08. The summed E-state index contributed by atoms with van der Waals surface area (Å²) in [7, 11) is 0. The maximum atomic E-state index is 11.8. The van der Waals surface area contributed by atoms with Gasteiger partial charge in [-0.25, -0.2) is 14.8 Å². The third-order valence-corrected chi connectivity index (χ3v) is 5.86. The van der Waals surface area contributed by atoms with Crippen molar-refractivity contribution in [3.05, 3.63) is 40.0 Å². The predicted molar refractivity (Wildman–Crippen MR) is 113 cm³/mol. The Hall–Kier alpha value is -1.99. The summed E-state index contributed by atoms with van der Waals surface area (Å²) in [6, 6.07) is 3.72. The smallest absolute Gasteiger partial charge is 0.339 e. The van der Waals surface area contributed by atoms with Crippen molar-refractivity contribution in [2.45, 2.75) is 46.1 Å². The maximum Gasteiger partial charge on any atom is 0.339 e. The van der Waals surface area contributed by atoms with Crippen LogP contribution < -0.4 is 4.90 Å². The Morgan fingerprint density at radius 2 is 2.11 bits per heavy atom. The van der Waals surface area contributed by atoms with Crippen LogP contribution in [-0.4, -0.2) is 53.6 Å². The minimum atomic E-state index is -0.315. The SMILES string of the molecule is CCCCc1nc(CN2CCCN(c3ccc(C(=O)OCC)cn3)CC2)cs1. The molecule has 0 aliphatic carbocycles. The number of pyridine rings is 1. The van der Waals surface area contributed by atoms with Crippen molar-refractivity contribution in [1.29, 1.82) is 0 Å². The average Bonchev–Trinajstić information content (AvgIpc) is 3.02. The highest BCUT2D eigenvalue weighted by molar-refractivity contribution is 7.09. The van der Waals surface area contributed by atoms with Crippen molar-refractivity contribution in [3.63, 3.8) is 0 Å². The first-order valence-electron chi connectivity index (χ1n) is 10.2. The quantitative estimate of drug-likeness (QED) is 0.627. The fourth-order valence-electron chi connectivity index (χ4n) is 3.36. The molecule has 0 amide bonds. The zero-order valence-electron chi connectivity index (χ0n) is 16.9. The zero-order chi connectivity index (χ0) is 19.8. The van der Waals surface area contributed by atoms with Gasteiger partial charge in [-0.05, 0) is 38.3 Å². The fraction of sp³-hybridized carbons (Fsp3) is 0.571. The van der Waals surface area contributed by atoms with Crippen molar-refractivity contribution in [1.82, 2.24) is 14.9 Å². The molecule has 0 saturated carbocycles. The van der Waals surface area contributed by atoms with Crippen LogP contribution >= 0.6 is 11.3 Å². The molecule has 0 aromatic carbocycles. The molecule has 1 fully saturated rings. The lowest BCUT2D eigenvalue weighted by Gasteiger charge is -2.22. The van der Waals surface area contributed by atoms with Crippen LogP contribution in [0.1, 0.15) is 54.2 Å². The number of nitrogens with zero attached hydrogens (tertiary/aromatic N) is 4. The Bertz CT molecular complexity index is 747. The first kappa shape index (κ1) is 20.7. The molecule has 0 unspecified atom stereocenters. The van der Waals surface area contributed by atoms with E-state index in [0.717, 1.165) is 51.4 Å². The highest BCUT2D eigenvalue weighted by Gasteiger charge is 2.18. The number of aryl methyl sites for hydroxylation is 1. The van der Waals surface area contributed by atoms with Gasteiger partial charge < -0.3 is 9.64 Å². The summed E-state index contributed by atoms with van der Waals surface area (Å²) >= 11 is 1.79. The van der Waals surface area contributed by atoms with Gasteiger partial charge in [0.2, 0.25) is 0 Å². The van der Waals surface area contributed by atoms with Gasteiger partial charge in [-0.2, -0.15) is 0 Å². The van der Waals surface area contributed by atoms with Gasteiger partial charge in [-0.1, -0.05) is 13.3 Å². The van der Waals surface area contributed by atoms with E-state index in [0.29, 0.717) is 12.2 Å². The van der Waals surface area contributed by atoms with Crippen molar-refractivity contribution < 1.29 is 9.53 Å². The summed E-state index contributed by atoms with van der Waals surface area (Å²) in [6.45, 7) is 9.28. The van der Waals surface area contributed by atoms with E-state index < -0.39 is 0 Å². The second kappa shape index (κ2) is 10.5. The summed E-state index contributed by atoms with van der Waals surface area (Å²) in [4.78, 5) is 25.8. The first-order valence-corrected chi connectivity index (χ1v) is 11.1. The molecule has 0 N–H and O–H groups in total.